The molecule has 1 aromatic carbocycles. The Labute approximate surface area is 219 Å². The van der Waals surface area contributed by atoms with Crippen LogP contribution in [0.15, 0.2) is 30.9 Å². The number of carbonyl (C=O) groups excluding carboxylic acids is 2. The monoisotopic (exact) mass is 529 g/mol. The summed E-state index contributed by atoms with van der Waals surface area (Å²) >= 11 is 6.77. The molecule has 2 aromatic rings. The second kappa shape index (κ2) is 9.83. The van der Waals surface area contributed by atoms with Crippen molar-refractivity contribution in [1.29, 1.82) is 0 Å². The van der Waals surface area contributed by atoms with E-state index in [0.717, 1.165) is 0 Å². The van der Waals surface area contributed by atoms with E-state index in [0.29, 0.717) is 32.0 Å². The van der Waals surface area contributed by atoms with Gasteiger partial charge in [-0.15, -0.1) is 0 Å². The molecule has 11 heteroatoms. The molecule has 0 aliphatic carbocycles. The molecule has 4 heterocycles. The first-order valence-corrected chi connectivity index (χ1v) is 12.7. The van der Waals surface area contributed by atoms with Gasteiger partial charge in [-0.25, -0.2) is 9.37 Å². The van der Waals surface area contributed by atoms with Crippen LogP contribution in [0.1, 0.15) is 24.2 Å². The summed E-state index contributed by atoms with van der Waals surface area (Å²) in [4.78, 5) is 36.3. The molecular formula is C26H29ClFN5O4. The fourth-order valence-corrected chi connectivity index (χ4v) is 5.54. The fourth-order valence-electron chi connectivity index (χ4n) is 5.25. The van der Waals surface area contributed by atoms with Crippen LogP contribution < -0.4 is 15.0 Å². The van der Waals surface area contributed by atoms with Crippen LogP contribution in [-0.2, 0) is 4.79 Å². The molecule has 2 fully saturated rings. The number of hydrogen-bond acceptors (Lipinski definition) is 7. The molecule has 2 saturated heterocycles. The van der Waals surface area contributed by atoms with Gasteiger partial charge < -0.3 is 29.9 Å². The van der Waals surface area contributed by atoms with Crippen LogP contribution in [0.3, 0.4) is 0 Å². The third-order valence-electron chi connectivity index (χ3n) is 7.47. The van der Waals surface area contributed by atoms with E-state index in [9.17, 15) is 19.1 Å². The van der Waals surface area contributed by atoms with Crippen molar-refractivity contribution in [1.82, 2.24) is 20.1 Å². The second-order valence-electron chi connectivity index (χ2n) is 9.56. The number of phenolic OH excluding ortho intramolecular Hbond substituents is 1. The number of nitrogens with one attached hydrogen (secondary N) is 1. The van der Waals surface area contributed by atoms with E-state index in [-0.39, 0.29) is 70.4 Å². The number of ether oxygens (including phenoxy) is 1. The van der Waals surface area contributed by atoms with Gasteiger partial charge >= 0.3 is 0 Å². The van der Waals surface area contributed by atoms with Crippen molar-refractivity contribution in [2.45, 2.75) is 32.0 Å². The Morgan fingerprint density at radius 2 is 2.05 bits per heavy atom. The van der Waals surface area contributed by atoms with E-state index >= 15 is 0 Å². The molecule has 3 atom stereocenters. The van der Waals surface area contributed by atoms with Crippen molar-refractivity contribution in [2.24, 2.45) is 0 Å². The Bertz CT molecular complexity index is 1250. The minimum atomic E-state index is -0.696. The number of phenols is 1. The first-order valence-electron chi connectivity index (χ1n) is 12.3. The van der Waals surface area contributed by atoms with Gasteiger partial charge in [0.2, 0.25) is 5.91 Å². The Balaban J connectivity index is 1.68. The first-order chi connectivity index (χ1) is 17.7. The second-order valence-corrected chi connectivity index (χ2v) is 9.94. The SMILES string of the molecule is C=CC(=O)N1CCN2C(=O)c3c(N4CCNC(C)C4C)nc(-c4c(O)cccc4F)c(Cl)c3OCC2C1. The van der Waals surface area contributed by atoms with Crippen LogP contribution in [-0.4, -0.2) is 89.2 Å². The molecule has 5 rings (SSSR count). The highest BCUT2D eigenvalue weighted by atomic mass is 35.5. The van der Waals surface area contributed by atoms with Crippen LogP contribution in [0, 0.1) is 5.82 Å². The van der Waals surface area contributed by atoms with Crippen LogP contribution >= 0.6 is 11.6 Å². The summed E-state index contributed by atoms with van der Waals surface area (Å²) in [6.07, 6.45) is 1.25. The predicted octanol–water partition coefficient (Wildman–Crippen LogP) is 2.66. The smallest absolute Gasteiger partial charge is 0.261 e. The maximum Gasteiger partial charge on any atom is 0.261 e. The van der Waals surface area contributed by atoms with Crippen LogP contribution in [0.4, 0.5) is 10.2 Å². The molecule has 0 bridgehead atoms. The number of piperazine rings is 2. The largest absolute Gasteiger partial charge is 0.507 e. The Morgan fingerprint density at radius 3 is 2.78 bits per heavy atom. The van der Waals surface area contributed by atoms with Crippen molar-refractivity contribution in [3.63, 3.8) is 0 Å². The first kappa shape index (κ1) is 25.3. The van der Waals surface area contributed by atoms with Gasteiger partial charge in [-0.05, 0) is 32.1 Å². The van der Waals surface area contributed by atoms with E-state index in [1.54, 1.807) is 9.80 Å². The molecule has 2 amide bonds. The normalized spacial score (nSPS) is 23.6. The number of anilines is 1. The molecule has 37 heavy (non-hydrogen) atoms. The lowest BCUT2D eigenvalue weighted by atomic mass is 10.0. The number of nitrogens with zero attached hydrogens (tertiary/aromatic N) is 4. The van der Waals surface area contributed by atoms with Gasteiger partial charge in [0.05, 0.1) is 11.6 Å². The van der Waals surface area contributed by atoms with E-state index in [1.165, 1.54) is 24.3 Å². The summed E-state index contributed by atoms with van der Waals surface area (Å²) < 4.78 is 21.1. The van der Waals surface area contributed by atoms with Gasteiger partial charge in [-0.3, -0.25) is 9.59 Å². The fraction of sp³-hybridized carbons (Fsp3) is 0.423. The summed E-state index contributed by atoms with van der Waals surface area (Å²) in [5.41, 5.74) is 0.0465. The molecule has 3 unspecified atom stereocenters. The van der Waals surface area contributed by atoms with Crippen molar-refractivity contribution in [2.75, 3.05) is 44.2 Å². The quantitative estimate of drug-likeness (QED) is 0.590. The molecule has 0 radical (unpaired) electrons. The molecule has 0 saturated carbocycles. The third-order valence-corrected chi connectivity index (χ3v) is 7.82. The van der Waals surface area contributed by atoms with Crippen molar-refractivity contribution in [3.8, 4) is 22.8 Å². The van der Waals surface area contributed by atoms with E-state index in [4.69, 9.17) is 21.3 Å². The maximum atomic E-state index is 15.0. The topological polar surface area (TPSA) is 98.2 Å². The number of aromatic hydroxyl groups is 1. The van der Waals surface area contributed by atoms with E-state index < -0.39 is 11.9 Å². The van der Waals surface area contributed by atoms with Crippen molar-refractivity contribution < 1.29 is 23.8 Å². The lowest BCUT2D eigenvalue weighted by Gasteiger charge is -2.41. The Kier molecular flexibility index (Phi) is 6.72. The molecule has 0 spiro atoms. The molecule has 3 aliphatic heterocycles. The number of rotatable bonds is 3. The van der Waals surface area contributed by atoms with Gasteiger partial charge in [0.1, 0.15) is 40.3 Å². The van der Waals surface area contributed by atoms with Crippen LogP contribution in [0.5, 0.6) is 11.5 Å². The van der Waals surface area contributed by atoms with Crippen molar-refractivity contribution in [3.05, 3.63) is 47.3 Å². The Hall–Kier alpha value is -3.37. The average molecular weight is 530 g/mol. The van der Waals surface area contributed by atoms with Gasteiger partial charge in [-0.2, -0.15) is 0 Å². The minimum Gasteiger partial charge on any atom is -0.507 e. The number of carbonyl (C=O) groups is 2. The van der Waals surface area contributed by atoms with Crippen LogP contribution in [0.25, 0.3) is 11.3 Å². The highest BCUT2D eigenvalue weighted by Gasteiger charge is 2.42. The highest BCUT2D eigenvalue weighted by Crippen LogP contribution is 2.46. The maximum absolute atomic E-state index is 15.0. The standard InChI is InChI=1S/C26H29ClFN5O4/c1-4-19(35)31-10-11-33-16(12-31)13-37-24-21(26(33)36)25(32-9-8-29-14(2)15(32)3)30-23(22(24)27)20-17(28)6-5-7-18(20)34/h4-7,14-16,29,34H,1,8-13H2,2-3H3. The molecule has 196 valence electrons. The van der Waals surface area contributed by atoms with Gasteiger partial charge in [0.15, 0.2) is 5.75 Å². The highest BCUT2D eigenvalue weighted by molar-refractivity contribution is 6.35. The summed E-state index contributed by atoms with van der Waals surface area (Å²) in [6.45, 7) is 9.86. The number of aromatic nitrogens is 1. The zero-order valence-corrected chi connectivity index (χ0v) is 21.5. The van der Waals surface area contributed by atoms with E-state index in [1.807, 2.05) is 18.7 Å². The molecular weight excluding hydrogens is 501 g/mol. The molecule has 3 aliphatic rings. The third kappa shape index (κ3) is 4.27. The lowest BCUT2D eigenvalue weighted by Crippen LogP contribution is -2.58. The predicted molar refractivity (Wildman–Crippen MR) is 138 cm³/mol. The Morgan fingerprint density at radius 1 is 1.27 bits per heavy atom. The summed E-state index contributed by atoms with van der Waals surface area (Å²) in [5, 5.41) is 13.9. The molecule has 1 aromatic heterocycles. The number of fused-ring (bicyclic) bond motifs is 2. The van der Waals surface area contributed by atoms with Gasteiger partial charge in [-0.1, -0.05) is 24.2 Å². The number of hydrogen-bond donors (Lipinski definition) is 2. The number of benzene rings is 1. The zero-order valence-electron chi connectivity index (χ0n) is 20.7. The summed E-state index contributed by atoms with van der Waals surface area (Å²) in [5.74, 6) is -1.11. The summed E-state index contributed by atoms with van der Waals surface area (Å²) in [6, 6.07) is 3.59. The van der Waals surface area contributed by atoms with Gasteiger partial charge in [0.25, 0.3) is 5.91 Å². The number of amides is 2. The van der Waals surface area contributed by atoms with Crippen LogP contribution in [0.2, 0.25) is 5.02 Å². The molecule has 2 N–H and O–H groups in total. The number of pyridine rings is 1. The average Bonchev–Trinajstić information content (AvgIpc) is 3.03. The zero-order chi connectivity index (χ0) is 26.4. The number of halogens is 2. The minimum absolute atomic E-state index is 0.000496. The lowest BCUT2D eigenvalue weighted by molar-refractivity contribution is -0.128. The van der Waals surface area contributed by atoms with Gasteiger partial charge in [0, 0.05) is 44.8 Å². The van der Waals surface area contributed by atoms with Crippen molar-refractivity contribution >= 4 is 29.2 Å². The molecule has 9 nitrogen and oxygen atoms in total. The summed E-state index contributed by atoms with van der Waals surface area (Å²) in [7, 11) is 0. The van der Waals surface area contributed by atoms with E-state index in [2.05, 4.69) is 11.9 Å².